The molecule has 0 aromatic heterocycles. The van der Waals surface area contributed by atoms with Gasteiger partial charge in [-0.2, -0.15) is 0 Å². The quantitative estimate of drug-likeness (QED) is 0.377. The van der Waals surface area contributed by atoms with Crippen molar-refractivity contribution in [3.8, 4) is 0 Å². The van der Waals surface area contributed by atoms with E-state index >= 15 is 0 Å². The lowest BCUT2D eigenvalue weighted by Gasteiger charge is -2.50. The van der Waals surface area contributed by atoms with E-state index in [0.29, 0.717) is 0 Å². The molecule has 0 spiro atoms. The highest BCUT2D eigenvalue weighted by atomic mass is 28.4. The second kappa shape index (κ2) is 10.1. The number of benzene rings is 1. The molecule has 34 heavy (non-hydrogen) atoms. The van der Waals surface area contributed by atoms with E-state index in [9.17, 15) is 15.0 Å². The minimum Gasteiger partial charge on any atom is -0.459 e. The van der Waals surface area contributed by atoms with Crippen molar-refractivity contribution >= 4 is 22.6 Å². The first kappa shape index (κ1) is 29.2. The van der Waals surface area contributed by atoms with Crippen molar-refractivity contribution in [1.29, 1.82) is 0 Å². The molecule has 0 aliphatic heterocycles. The van der Waals surface area contributed by atoms with Crippen molar-refractivity contribution in [1.82, 2.24) is 0 Å². The smallest absolute Gasteiger partial charge is 0.338 e. The van der Waals surface area contributed by atoms with E-state index in [0.717, 1.165) is 5.56 Å². The van der Waals surface area contributed by atoms with Crippen molar-refractivity contribution in [3.05, 3.63) is 35.9 Å². The predicted molar refractivity (Wildman–Crippen MR) is 141 cm³/mol. The molecule has 1 aliphatic rings. The van der Waals surface area contributed by atoms with Crippen LogP contribution in [0.4, 0.5) is 0 Å². The summed E-state index contributed by atoms with van der Waals surface area (Å²) in [5, 5.41) is 22.5. The minimum atomic E-state index is -2.29. The van der Waals surface area contributed by atoms with Gasteiger partial charge >= 0.3 is 5.97 Å². The molecule has 1 fully saturated rings. The van der Waals surface area contributed by atoms with Gasteiger partial charge in [-0.15, -0.1) is 0 Å². The lowest BCUT2D eigenvalue weighted by atomic mass is 9.79. The van der Waals surface area contributed by atoms with Gasteiger partial charge in [-0.3, -0.25) is 0 Å². The molecule has 1 aromatic carbocycles. The Kier molecular flexibility index (Phi) is 8.71. The number of carbonyl (C=O) groups is 1. The van der Waals surface area contributed by atoms with Crippen LogP contribution in [-0.4, -0.2) is 56.7 Å². The first-order valence-corrected chi connectivity index (χ1v) is 18.1. The molecule has 0 saturated heterocycles. The maximum Gasteiger partial charge on any atom is 0.338 e. The molecule has 0 radical (unpaired) electrons. The van der Waals surface area contributed by atoms with E-state index in [4.69, 9.17) is 13.6 Å². The predicted octanol–water partition coefficient (Wildman–Crippen LogP) is 5.40. The fourth-order valence-electron chi connectivity index (χ4n) is 3.60. The van der Waals surface area contributed by atoms with Crippen LogP contribution in [0.25, 0.3) is 0 Å². The number of rotatable bonds is 7. The molecule has 0 bridgehead atoms. The highest BCUT2D eigenvalue weighted by molar-refractivity contribution is 6.74. The highest BCUT2D eigenvalue weighted by Gasteiger charge is 2.55. The van der Waals surface area contributed by atoms with Crippen LogP contribution in [0.15, 0.2) is 30.3 Å². The Morgan fingerprint density at radius 3 is 1.94 bits per heavy atom. The Labute approximate surface area is 208 Å². The summed E-state index contributed by atoms with van der Waals surface area (Å²) in [5.74, 6) is -0.731. The number of aliphatic hydroxyl groups is 2. The van der Waals surface area contributed by atoms with Crippen molar-refractivity contribution in [2.75, 3.05) is 0 Å². The van der Waals surface area contributed by atoms with Gasteiger partial charge in [0, 0.05) is 12.8 Å². The maximum atomic E-state index is 13.0. The van der Waals surface area contributed by atoms with E-state index in [-0.39, 0.29) is 29.5 Å². The maximum absolute atomic E-state index is 13.0. The summed E-state index contributed by atoms with van der Waals surface area (Å²) in [5.41, 5.74) is -1.00. The molecule has 2 rings (SSSR count). The Bertz CT molecular complexity index is 828. The fraction of sp³-hybridized carbons (Fsp3) is 0.731. The molecular weight excluding hydrogens is 464 g/mol. The summed E-state index contributed by atoms with van der Waals surface area (Å²) in [4.78, 5) is 13.0. The first-order chi connectivity index (χ1) is 15.3. The molecule has 0 unspecified atom stereocenters. The van der Waals surface area contributed by atoms with E-state index < -0.39 is 46.5 Å². The van der Waals surface area contributed by atoms with Crippen molar-refractivity contribution in [2.45, 2.75) is 121 Å². The van der Waals surface area contributed by atoms with E-state index in [1.54, 1.807) is 0 Å². The van der Waals surface area contributed by atoms with Gasteiger partial charge in [0.25, 0.3) is 0 Å². The van der Waals surface area contributed by atoms with Gasteiger partial charge in [0.15, 0.2) is 22.2 Å². The summed E-state index contributed by atoms with van der Waals surface area (Å²) >= 11 is 0. The van der Waals surface area contributed by atoms with Crippen LogP contribution in [0.5, 0.6) is 0 Å². The van der Waals surface area contributed by atoms with Gasteiger partial charge in [-0.1, -0.05) is 71.9 Å². The van der Waals surface area contributed by atoms with Crippen LogP contribution in [0.3, 0.4) is 0 Å². The lowest BCUT2D eigenvalue weighted by Crippen LogP contribution is -2.63. The zero-order valence-corrected chi connectivity index (χ0v) is 24.8. The zero-order valence-electron chi connectivity index (χ0n) is 22.8. The van der Waals surface area contributed by atoms with Gasteiger partial charge in [0.2, 0.25) is 0 Å². The van der Waals surface area contributed by atoms with Crippen LogP contribution >= 0.6 is 0 Å². The molecule has 1 aromatic rings. The van der Waals surface area contributed by atoms with Crippen molar-refractivity contribution < 1.29 is 28.6 Å². The molecule has 0 heterocycles. The second-order valence-electron chi connectivity index (χ2n) is 12.8. The largest absolute Gasteiger partial charge is 0.459 e. The Balaban J connectivity index is 2.31. The lowest BCUT2D eigenvalue weighted by molar-refractivity contribution is -0.190. The average Bonchev–Trinajstić information content (AvgIpc) is 2.67. The molecule has 6 nitrogen and oxygen atoms in total. The summed E-state index contributed by atoms with van der Waals surface area (Å²) < 4.78 is 18.8. The molecule has 1 saturated carbocycles. The van der Waals surface area contributed by atoms with Gasteiger partial charge in [-0.25, -0.2) is 4.79 Å². The van der Waals surface area contributed by atoms with E-state index in [1.165, 1.54) is 0 Å². The topological polar surface area (TPSA) is 85.2 Å². The third-order valence-corrected chi connectivity index (χ3v) is 16.9. The number of hydrogen-bond donors (Lipinski definition) is 2. The van der Waals surface area contributed by atoms with Gasteiger partial charge in [0.1, 0.15) is 6.61 Å². The van der Waals surface area contributed by atoms with Crippen LogP contribution in [-0.2, 0) is 25.0 Å². The second-order valence-corrected chi connectivity index (χ2v) is 22.3. The standard InChI is InChI=1S/C26H46O6Si2/c1-24(2,3)33(7,8)31-21-17-26(29,23(28)30-18-19-14-12-11-13-15-19)16-20(27)22(21)32-34(9,10)25(4,5)6/h11-15,20-22,27,29H,16-18H2,1-10H3/t20-,21-,22-,26-/m1/s1. The summed E-state index contributed by atoms with van der Waals surface area (Å²) in [6.07, 6.45) is -2.39. The van der Waals surface area contributed by atoms with E-state index in [1.807, 2.05) is 30.3 Å². The third kappa shape index (κ3) is 6.79. The molecule has 1 aliphatic carbocycles. The first-order valence-electron chi connectivity index (χ1n) is 12.3. The van der Waals surface area contributed by atoms with Crippen molar-refractivity contribution in [2.24, 2.45) is 0 Å². The third-order valence-electron chi connectivity index (χ3n) is 7.91. The molecular formula is C26H46O6Si2. The van der Waals surface area contributed by atoms with Crippen LogP contribution < -0.4 is 0 Å². The molecule has 2 N–H and O–H groups in total. The highest BCUT2D eigenvalue weighted by Crippen LogP contribution is 2.44. The van der Waals surface area contributed by atoms with Crippen LogP contribution in [0.2, 0.25) is 36.3 Å². The number of carbonyl (C=O) groups excluding carboxylic acids is 1. The van der Waals surface area contributed by atoms with Gasteiger partial charge in [0.05, 0.1) is 18.3 Å². The normalized spacial score (nSPS) is 26.9. The Hall–Kier alpha value is -1.04. The zero-order chi connectivity index (χ0) is 26.2. The molecule has 0 amide bonds. The van der Waals surface area contributed by atoms with Gasteiger partial charge < -0.3 is 23.8 Å². The van der Waals surface area contributed by atoms with Crippen LogP contribution in [0, 0.1) is 0 Å². The average molecular weight is 511 g/mol. The SMILES string of the molecule is CC(C)(C)[Si](C)(C)O[C@@H]1[C@H](O)C[C@](O)(C(=O)OCc2ccccc2)C[C@H]1O[Si](C)(C)C(C)(C)C. The monoisotopic (exact) mass is 510 g/mol. The Morgan fingerprint density at radius 1 is 0.941 bits per heavy atom. The summed E-state index contributed by atoms with van der Waals surface area (Å²) in [6.45, 7) is 21.5. The van der Waals surface area contributed by atoms with Gasteiger partial charge in [-0.05, 0) is 41.8 Å². The fourth-order valence-corrected chi connectivity index (χ4v) is 6.27. The molecule has 8 heteroatoms. The minimum absolute atomic E-state index is 0.0312. The number of aliphatic hydroxyl groups excluding tert-OH is 1. The number of ether oxygens (including phenoxy) is 1. The van der Waals surface area contributed by atoms with Crippen LogP contribution in [0.1, 0.15) is 59.9 Å². The number of esters is 1. The Morgan fingerprint density at radius 2 is 1.44 bits per heavy atom. The van der Waals surface area contributed by atoms with E-state index in [2.05, 4.69) is 67.7 Å². The van der Waals surface area contributed by atoms with Crippen molar-refractivity contribution in [3.63, 3.8) is 0 Å². The molecule has 194 valence electrons. The number of hydrogen-bond acceptors (Lipinski definition) is 6. The summed E-state index contributed by atoms with van der Waals surface area (Å²) in [7, 11) is -4.54. The molecule has 4 atom stereocenters. The summed E-state index contributed by atoms with van der Waals surface area (Å²) in [6, 6.07) is 9.35.